The average Bonchev–Trinajstić information content (AvgIpc) is 2.17. The van der Waals surface area contributed by atoms with Crippen LogP contribution in [0.25, 0.3) is 0 Å². The van der Waals surface area contributed by atoms with Gasteiger partial charge in [0.05, 0.1) is 5.92 Å². The summed E-state index contributed by atoms with van der Waals surface area (Å²) in [5.74, 6) is -1.000. The van der Waals surface area contributed by atoms with Crippen LogP contribution < -0.4 is 0 Å². The summed E-state index contributed by atoms with van der Waals surface area (Å²) in [6.45, 7) is 4.02. The van der Waals surface area contributed by atoms with Crippen LogP contribution in [-0.4, -0.2) is 11.4 Å². The number of rotatable bonds is 6. The fraction of sp³-hybridized carbons (Fsp3) is 0.800. The number of hydrogen-bond acceptors (Lipinski definition) is 3. The van der Waals surface area contributed by atoms with Gasteiger partial charge < -0.3 is 4.74 Å². The first kappa shape index (κ1) is 21.1. The molecule has 0 rings (SSSR count). The van der Waals surface area contributed by atoms with Crippen LogP contribution in [0.15, 0.2) is 0 Å². The fourth-order valence-corrected chi connectivity index (χ4v) is 1.50. The molecule has 0 aliphatic carbocycles. The van der Waals surface area contributed by atoms with Crippen molar-refractivity contribution in [3.05, 3.63) is 0 Å². The quantitative estimate of drug-likeness (QED) is 0.147. The molecule has 0 saturated heterocycles. The summed E-state index contributed by atoms with van der Waals surface area (Å²) in [6.07, 6.45) is 3.57. The third-order valence-electron chi connectivity index (χ3n) is 2.16. The Hall–Kier alpha value is 1.82. The van der Waals surface area contributed by atoms with E-state index in [9.17, 15) is 9.59 Å². The minimum Gasteiger partial charge on any atom is -0.391 e. The zero-order chi connectivity index (χ0) is 12.8. The molecule has 0 N–H and O–H groups in total. The molecular weight excluding hydrogens is 608 g/mol. The van der Waals surface area contributed by atoms with Crippen molar-refractivity contribution >= 4 is 79.7 Å². The van der Waals surface area contributed by atoms with E-state index in [-0.39, 0.29) is 28.4 Å². The van der Waals surface area contributed by atoms with E-state index in [1.807, 2.05) is 74.7 Å². The van der Waals surface area contributed by atoms with Crippen LogP contribution in [0.3, 0.4) is 0 Å². The molecule has 0 bridgehead atoms. The van der Waals surface area contributed by atoms with Crippen molar-refractivity contribution in [3.8, 4) is 0 Å². The van der Waals surface area contributed by atoms with Gasteiger partial charge in [-0.2, -0.15) is 0 Å². The van der Waals surface area contributed by atoms with Gasteiger partial charge in [0.1, 0.15) is 0 Å². The summed E-state index contributed by atoms with van der Waals surface area (Å²) in [5.41, 5.74) is 0. The predicted molar refractivity (Wildman–Crippen MR) is 89.2 cm³/mol. The summed E-state index contributed by atoms with van der Waals surface area (Å²) in [7, 11) is 0. The van der Waals surface area contributed by atoms with Crippen LogP contribution in [0.2, 0.25) is 0 Å². The first-order valence-electron chi connectivity index (χ1n) is 5.15. The molecule has 0 radical (unpaired) electrons. The van der Waals surface area contributed by atoms with Crippen molar-refractivity contribution < 1.29 is 30.8 Å². The minimum absolute atomic E-state index is 0. The van der Waals surface area contributed by atoms with Crippen LogP contribution in [0.1, 0.15) is 39.5 Å². The topological polar surface area (TPSA) is 43.4 Å². The van der Waals surface area contributed by atoms with E-state index in [0.29, 0.717) is 0 Å². The van der Waals surface area contributed by atoms with Crippen LogP contribution in [0, 0.1) is 5.92 Å². The van der Waals surface area contributed by atoms with Gasteiger partial charge in [-0.1, -0.05) is 26.7 Å². The second-order valence-electron chi connectivity index (χ2n) is 3.45. The van der Waals surface area contributed by atoms with Gasteiger partial charge in [0.25, 0.3) is 0 Å². The Labute approximate surface area is 153 Å². The number of carbonyl (C=O) groups excluding carboxylic acids is 2. The molecule has 0 spiro atoms. The molecule has 0 aromatic rings. The van der Waals surface area contributed by atoms with Crippen LogP contribution in [0.4, 0.5) is 0 Å². The summed E-state index contributed by atoms with van der Waals surface area (Å²) in [5, 5.41) is 0. The number of unbranched alkanes of at least 4 members (excludes halogenated alkanes) is 1. The van der Waals surface area contributed by atoms with Gasteiger partial charge in [-0.3, -0.25) is 4.79 Å². The predicted octanol–water partition coefficient (Wildman–Crippen LogP) is 4.23. The molecule has 17 heavy (non-hydrogen) atoms. The maximum absolute atomic E-state index is 11.7. The average molecular weight is 623 g/mol. The summed E-state index contributed by atoms with van der Waals surface area (Å²) < 4.78 is 4.16. The van der Waals surface area contributed by atoms with E-state index in [1.165, 1.54) is 0 Å². The molecule has 3 nitrogen and oxygen atoms in total. The molecule has 1 atom stereocenters. The van der Waals surface area contributed by atoms with Gasteiger partial charge in [0, 0.05) is 16.5 Å². The molecule has 0 heterocycles. The third-order valence-corrected chi connectivity index (χ3v) is 3.48. The van der Waals surface area contributed by atoms with Gasteiger partial charge in [0.15, 0.2) is 0 Å². The molecule has 0 saturated carbocycles. The monoisotopic (exact) mass is 622 g/mol. The first-order chi connectivity index (χ1) is 7.32. The van der Waals surface area contributed by atoms with Crippen LogP contribution in [0.5, 0.6) is 0 Å². The number of carbonyl (C=O) groups is 2. The zero-order valence-corrected chi connectivity index (χ0v) is 17.0. The molecule has 0 aliphatic heterocycles. The first-order valence-corrected chi connectivity index (χ1v) is 8.39. The van der Waals surface area contributed by atoms with Crippen LogP contribution in [-0.2, 0) is 30.8 Å². The van der Waals surface area contributed by atoms with Crippen molar-refractivity contribution in [2.75, 3.05) is 0 Å². The Kier molecular flexibility index (Phi) is 13.2. The van der Waals surface area contributed by atoms with Crippen molar-refractivity contribution in [1.82, 2.24) is 0 Å². The Bertz CT molecular complexity index is 254. The fourth-order valence-electron chi connectivity index (χ4n) is 1.17. The molecule has 104 valence electrons. The van der Waals surface area contributed by atoms with Crippen LogP contribution >= 0.6 is 67.8 Å². The number of halogens is 3. The van der Waals surface area contributed by atoms with E-state index in [1.54, 1.807) is 0 Å². The van der Waals surface area contributed by atoms with Crippen molar-refractivity contribution in [2.24, 2.45) is 5.92 Å². The Morgan fingerprint density at radius 1 is 1.24 bits per heavy atom. The van der Waals surface area contributed by atoms with Gasteiger partial charge in [-0.05, 0) is 80.6 Å². The van der Waals surface area contributed by atoms with E-state index in [0.717, 1.165) is 25.7 Å². The minimum atomic E-state index is -0.702. The number of hydrogen-bond donors (Lipinski definition) is 0. The maximum atomic E-state index is 11.7. The molecule has 1 unspecified atom stereocenters. The van der Waals surface area contributed by atoms with Crippen molar-refractivity contribution in [3.63, 3.8) is 0 Å². The molecule has 0 amide bonds. The molecule has 0 aliphatic rings. The number of ether oxygens (including phenoxy) is 1. The van der Waals surface area contributed by atoms with E-state index >= 15 is 0 Å². The molecule has 7 heteroatoms. The van der Waals surface area contributed by atoms with Gasteiger partial charge in [0.2, 0.25) is -0.565 Å². The Morgan fingerprint density at radius 2 is 1.76 bits per heavy atom. The van der Waals surface area contributed by atoms with Gasteiger partial charge >= 0.3 is 11.9 Å². The Balaban J connectivity index is 0. The van der Waals surface area contributed by atoms with E-state index in [2.05, 4.69) is 6.92 Å². The summed E-state index contributed by atoms with van der Waals surface area (Å²) in [4.78, 5) is 23.2. The largest absolute Gasteiger partial charge is 0.391 e. The molecule has 0 aromatic heterocycles. The second kappa shape index (κ2) is 10.6. The smallest absolute Gasteiger partial charge is 0.349 e. The SMILES string of the molecule is CCCCC(CC)C(=O)OC(=O)C(I)(I)I.[Ni]. The van der Waals surface area contributed by atoms with Crippen molar-refractivity contribution in [2.45, 2.75) is 39.0 Å². The Morgan fingerprint density at radius 3 is 2.12 bits per heavy atom. The third kappa shape index (κ3) is 9.37. The molecular formula is C10H15I3NiO3. The standard InChI is InChI=1S/C10H15I3O3.Ni/c1-3-5-6-7(4-2)8(14)16-9(15)10(11,12)13;/h7H,3-6H2,1-2H3;. The number of alkyl halides is 3. The van der Waals surface area contributed by atoms with E-state index < -0.39 is 5.40 Å². The second-order valence-corrected chi connectivity index (χ2v) is 14.5. The van der Waals surface area contributed by atoms with Gasteiger partial charge in [-0.15, -0.1) is 0 Å². The molecule has 0 aromatic carbocycles. The zero-order valence-electron chi connectivity index (χ0n) is 9.58. The van der Waals surface area contributed by atoms with Crippen molar-refractivity contribution in [1.29, 1.82) is 0 Å². The maximum Gasteiger partial charge on any atom is 0.349 e. The summed E-state index contributed by atoms with van der Waals surface area (Å²) >= 11 is 5.84. The number of esters is 2. The normalized spacial score (nSPS) is 12.5. The molecule has 0 fully saturated rings. The summed E-state index contributed by atoms with van der Waals surface area (Å²) in [6, 6.07) is 0. The van der Waals surface area contributed by atoms with Gasteiger partial charge in [-0.25, -0.2) is 4.79 Å². The van der Waals surface area contributed by atoms with E-state index in [4.69, 9.17) is 4.74 Å².